The van der Waals surface area contributed by atoms with Crippen molar-refractivity contribution in [3.63, 3.8) is 0 Å². The van der Waals surface area contributed by atoms with Gasteiger partial charge in [0, 0.05) is 8.95 Å². The van der Waals surface area contributed by atoms with Crippen molar-refractivity contribution in [1.82, 2.24) is 4.72 Å². The summed E-state index contributed by atoms with van der Waals surface area (Å²) in [5.41, 5.74) is 0.873. The van der Waals surface area contributed by atoms with Gasteiger partial charge >= 0.3 is 5.97 Å². The summed E-state index contributed by atoms with van der Waals surface area (Å²) in [6, 6.07) is 1.96. The molecule has 0 aromatic heterocycles. The zero-order chi connectivity index (χ0) is 16.4. The van der Waals surface area contributed by atoms with Crippen LogP contribution < -0.4 is 4.72 Å². The Bertz CT molecular complexity index is 646. The first-order valence-electron chi connectivity index (χ1n) is 6.31. The molecular formula is C13H17Br2NO4S. The first-order chi connectivity index (χ1) is 9.60. The van der Waals surface area contributed by atoms with Crippen molar-refractivity contribution in [1.29, 1.82) is 0 Å². The predicted octanol–water partition coefficient (Wildman–Crippen LogP) is 3.30. The van der Waals surface area contributed by atoms with E-state index in [0.717, 1.165) is 5.56 Å². The zero-order valence-electron chi connectivity index (χ0n) is 11.9. The molecule has 0 bridgehead atoms. The van der Waals surface area contributed by atoms with E-state index >= 15 is 0 Å². The number of hydrogen-bond donors (Lipinski definition) is 2. The summed E-state index contributed by atoms with van der Waals surface area (Å²) in [5.74, 6) is -1.50. The summed E-state index contributed by atoms with van der Waals surface area (Å²) in [4.78, 5) is 11.3. The van der Waals surface area contributed by atoms with Crippen molar-refractivity contribution in [3.05, 3.63) is 26.6 Å². The van der Waals surface area contributed by atoms with Gasteiger partial charge < -0.3 is 5.11 Å². The normalized spacial score (nSPS) is 14.7. The Morgan fingerprint density at radius 1 is 1.33 bits per heavy atom. The van der Waals surface area contributed by atoms with Crippen molar-refractivity contribution >= 4 is 47.9 Å². The van der Waals surface area contributed by atoms with Gasteiger partial charge in [-0.05, 0) is 46.5 Å². The van der Waals surface area contributed by atoms with Crippen LogP contribution in [0.4, 0.5) is 0 Å². The fourth-order valence-electron chi connectivity index (χ4n) is 1.71. The maximum Gasteiger partial charge on any atom is 0.322 e. The lowest BCUT2D eigenvalue weighted by Crippen LogP contribution is -2.45. The molecule has 1 rings (SSSR count). The van der Waals surface area contributed by atoms with Gasteiger partial charge in [0.05, 0.1) is 4.90 Å². The third kappa shape index (κ3) is 4.51. The number of halogens is 2. The Labute approximate surface area is 141 Å². The Hall–Kier alpha value is -0.440. The van der Waals surface area contributed by atoms with Crippen LogP contribution in [0.1, 0.15) is 25.8 Å². The van der Waals surface area contributed by atoms with Crippen LogP contribution in [0, 0.1) is 12.8 Å². The molecule has 0 radical (unpaired) electrons. The van der Waals surface area contributed by atoms with E-state index in [9.17, 15) is 18.3 Å². The van der Waals surface area contributed by atoms with Crippen molar-refractivity contribution in [2.24, 2.45) is 5.92 Å². The topological polar surface area (TPSA) is 83.5 Å². The first-order valence-corrected chi connectivity index (χ1v) is 9.37. The number of nitrogens with one attached hydrogen (secondary N) is 1. The quantitative estimate of drug-likeness (QED) is 0.707. The first kappa shape index (κ1) is 18.6. The summed E-state index contributed by atoms with van der Waals surface area (Å²) in [7, 11) is -3.94. The maximum atomic E-state index is 12.4. The van der Waals surface area contributed by atoms with Crippen molar-refractivity contribution in [2.45, 2.75) is 38.1 Å². The van der Waals surface area contributed by atoms with Gasteiger partial charge in [0.1, 0.15) is 6.04 Å². The lowest BCUT2D eigenvalue weighted by Gasteiger charge is -2.20. The van der Waals surface area contributed by atoms with Gasteiger partial charge in [-0.15, -0.1) is 0 Å². The SMILES string of the molecule is CCC(C)[C@H](NS(=O)(=O)c1cc(Br)c(C)cc1Br)C(=O)O. The van der Waals surface area contributed by atoms with Crippen molar-refractivity contribution in [2.75, 3.05) is 0 Å². The van der Waals surface area contributed by atoms with E-state index in [-0.39, 0.29) is 10.8 Å². The predicted molar refractivity (Wildman–Crippen MR) is 87.8 cm³/mol. The summed E-state index contributed by atoms with van der Waals surface area (Å²) in [6.07, 6.45) is 0.554. The summed E-state index contributed by atoms with van der Waals surface area (Å²) < 4.78 is 28.2. The number of aliphatic carboxylic acids is 1. The molecule has 21 heavy (non-hydrogen) atoms. The number of benzene rings is 1. The number of rotatable bonds is 6. The number of aryl methyl sites for hydroxylation is 1. The molecule has 1 aromatic rings. The molecule has 0 fully saturated rings. The van der Waals surface area contributed by atoms with Crippen LogP contribution in [0.15, 0.2) is 26.0 Å². The van der Waals surface area contributed by atoms with Gasteiger partial charge in [-0.2, -0.15) is 4.72 Å². The summed E-state index contributed by atoms with van der Waals surface area (Å²) >= 11 is 6.49. The largest absolute Gasteiger partial charge is 0.480 e. The average Bonchev–Trinajstić information content (AvgIpc) is 2.38. The van der Waals surface area contributed by atoms with Gasteiger partial charge in [-0.1, -0.05) is 36.2 Å². The summed E-state index contributed by atoms with van der Waals surface area (Å²) in [5, 5.41) is 9.21. The molecule has 0 saturated heterocycles. The molecule has 0 amide bonds. The second-order valence-electron chi connectivity index (χ2n) is 4.85. The molecule has 2 atom stereocenters. The summed E-state index contributed by atoms with van der Waals surface area (Å²) in [6.45, 7) is 5.34. The molecule has 0 aliphatic carbocycles. The fourth-order valence-corrected chi connectivity index (χ4v) is 4.69. The molecule has 1 aromatic carbocycles. The second kappa shape index (κ2) is 7.21. The standard InChI is InChI=1S/C13H17Br2NO4S/c1-4-7(2)12(13(17)18)16-21(19,20)11-6-9(14)8(3)5-10(11)15/h5-7,12,16H,4H2,1-3H3,(H,17,18)/t7?,12-/m0/s1. The molecule has 0 heterocycles. The van der Waals surface area contributed by atoms with Crippen LogP contribution in [0.25, 0.3) is 0 Å². The lowest BCUT2D eigenvalue weighted by atomic mass is 10.0. The fraction of sp³-hybridized carbons (Fsp3) is 0.462. The van der Waals surface area contributed by atoms with Crippen LogP contribution >= 0.6 is 31.9 Å². The maximum absolute atomic E-state index is 12.4. The molecule has 118 valence electrons. The highest BCUT2D eigenvalue weighted by Crippen LogP contribution is 2.29. The molecule has 0 spiro atoms. The minimum atomic E-state index is -3.94. The molecule has 5 nitrogen and oxygen atoms in total. The van der Waals surface area contributed by atoms with Crippen LogP contribution in [-0.2, 0) is 14.8 Å². The van der Waals surface area contributed by atoms with E-state index < -0.39 is 22.0 Å². The third-order valence-electron chi connectivity index (χ3n) is 3.26. The molecule has 8 heteroatoms. The van der Waals surface area contributed by atoms with Gasteiger partial charge in [0.2, 0.25) is 10.0 Å². The van der Waals surface area contributed by atoms with Crippen molar-refractivity contribution in [3.8, 4) is 0 Å². The highest BCUT2D eigenvalue weighted by Gasteiger charge is 2.30. The molecule has 1 unspecified atom stereocenters. The Balaban J connectivity index is 3.23. The molecule has 0 saturated carbocycles. The number of hydrogen-bond acceptors (Lipinski definition) is 3. The smallest absolute Gasteiger partial charge is 0.322 e. The third-order valence-corrected chi connectivity index (χ3v) is 6.52. The molecular weight excluding hydrogens is 426 g/mol. The van der Waals surface area contributed by atoms with Crippen molar-refractivity contribution < 1.29 is 18.3 Å². The van der Waals surface area contributed by atoms with Gasteiger partial charge in [-0.3, -0.25) is 4.79 Å². The number of carbonyl (C=O) groups is 1. The van der Waals surface area contributed by atoms with Gasteiger partial charge in [0.15, 0.2) is 0 Å². The van der Waals surface area contributed by atoms with Crippen LogP contribution in [0.2, 0.25) is 0 Å². The molecule has 0 aliphatic heterocycles. The lowest BCUT2D eigenvalue weighted by molar-refractivity contribution is -0.140. The van der Waals surface area contributed by atoms with Crippen LogP contribution in [0.3, 0.4) is 0 Å². The van der Waals surface area contributed by atoms with E-state index in [2.05, 4.69) is 36.6 Å². The Morgan fingerprint density at radius 3 is 2.38 bits per heavy atom. The molecule has 0 aliphatic rings. The molecule has 2 N–H and O–H groups in total. The van der Waals surface area contributed by atoms with Gasteiger partial charge in [0.25, 0.3) is 0 Å². The number of carboxylic acids is 1. The minimum absolute atomic E-state index is 0.00882. The Morgan fingerprint density at radius 2 is 1.90 bits per heavy atom. The number of carboxylic acid groups (broad SMARTS) is 1. The van der Waals surface area contributed by atoms with E-state index in [1.54, 1.807) is 13.0 Å². The van der Waals surface area contributed by atoms with E-state index in [1.165, 1.54) is 6.07 Å². The Kier molecular flexibility index (Phi) is 6.39. The van der Waals surface area contributed by atoms with E-state index in [1.807, 2.05) is 13.8 Å². The highest BCUT2D eigenvalue weighted by molar-refractivity contribution is 9.11. The van der Waals surface area contributed by atoms with Gasteiger partial charge in [-0.25, -0.2) is 8.42 Å². The van der Waals surface area contributed by atoms with Crippen LogP contribution in [0.5, 0.6) is 0 Å². The zero-order valence-corrected chi connectivity index (χ0v) is 15.8. The number of sulfonamides is 1. The highest BCUT2D eigenvalue weighted by atomic mass is 79.9. The minimum Gasteiger partial charge on any atom is -0.480 e. The average molecular weight is 443 g/mol. The second-order valence-corrected chi connectivity index (χ2v) is 8.25. The van der Waals surface area contributed by atoms with E-state index in [0.29, 0.717) is 15.4 Å². The van der Waals surface area contributed by atoms with E-state index in [4.69, 9.17) is 0 Å². The monoisotopic (exact) mass is 441 g/mol. The van der Waals surface area contributed by atoms with Crippen LogP contribution in [-0.4, -0.2) is 25.5 Å².